The summed E-state index contributed by atoms with van der Waals surface area (Å²) in [4.78, 5) is 7.74. The van der Waals surface area contributed by atoms with Crippen molar-refractivity contribution in [2.75, 3.05) is 13.2 Å². The van der Waals surface area contributed by atoms with Crippen molar-refractivity contribution in [3.05, 3.63) is 155 Å². The van der Waals surface area contributed by atoms with Gasteiger partial charge in [-0.15, -0.1) is 5.11 Å². The third kappa shape index (κ3) is 10.6. The number of phosphoric ester groups is 1. The summed E-state index contributed by atoms with van der Waals surface area (Å²) < 4.78 is 139. The van der Waals surface area contributed by atoms with E-state index in [1.807, 2.05) is 0 Å². The molecule has 0 spiro atoms. The zero-order valence-electron chi connectivity index (χ0n) is 28.5. The predicted octanol–water partition coefficient (Wildman–Crippen LogP) is 9.87. The van der Waals surface area contributed by atoms with Gasteiger partial charge in [-0.2, -0.15) is 22.0 Å². The summed E-state index contributed by atoms with van der Waals surface area (Å²) in [7, 11) is -5.22. The zero-order chi connectivity index (χ0) is 39.5. The molecule has 0 fully saturated rings. The quantitative estimate of drug-likeness (QED) is 0.0189. The van der Waals surface area contributed by atoms with E-state index in [4.69, 9.17) is 24.2 Å². The molecule has 0 saturated carbocycles. The van der Waals surface area contributed by atoms with E-state index in [0.717, 1.165) is 12.3 Å². The molecule has 0 saturated heterocycles. The zero-order valence-corrected chi connectivity index (χ0v) is 29.3. The largest absolute Gasteiger partial charge is 0.484 e. The lowest BCUT2D eigenvalue weighted by Gasteiger charge is -2.40. The average molecular weight is 790 g/mol. The number of nitrogens with zero attached hydrogens (tertiary/aromatic N) is 4. The molecule has 0 aliphatic heterocycles. The number of hydrogen-bond donors (Lipinski definition) is 1. The molecule has 1 unspecified atom stereocenters. The topological polar surface area (TPSA) is 130 Å². The van der Waals surface area contributed by atoms with Gasteiger partial charge in [0.25, 0.3) is 0 Å². The first kappa shape index (κ1) is 40.7. The highest BCUT2D eigenvalue weighted by Gasteiger charge is 2.63. The Bertz CT molecular complexity index is 2060. The van der Waals surface area contributed by atoms with Gasteiger partial charge in [0.1, 0.15) is 29.4 Å². The Morgan fingerprint density at radius 2 is 1.36 bits per heavy atom. The van der Waals surface area contributed by atoms with Gasteiger partial charge in [-0.25, -0.2) is 13.3 Å². The van der Waals surface area contributed by atoms with Gasteiger partial charge < -0.3 is 10.6 Å². The summed E-state index contributed by atoms with van der Waals surface area (Å²) in [5.41, 5.74) is -4.03. The second kappa shape index (κ2) is 17.8. The highest BCUT2D eigenvalue weighted by atomic mass is 31.2. The number of rotatable bonds is 17. The van der Waals surface area contributed by atoms with E-state index in [9.17, 15) is 22.1 Å². The second-order valence-corrected chi connectivity index (χ2v) is 13.2. The Labute approximate surface area is 310 Å². The SMILES string of the molecule is NN=NC=NCC(OP(=O)(OCc1ccccc1)OCc1ccccc1)(c1ccc(F)cc1F)C(F)(F)c1ccc(-c2ccc(OCC(F)(F)F)cc2)cn1. The first-order valence-electron chi connectivity index (χ1n) is 16.1. The highest BCUT2D eigenvalue weighted by Crippen LogP contribution is 2.62. The van der Waals surface area contributed by atoms with Crippen LogP contribution < -0.4 is 10.6 Å². The molecule has 5 rings (SSSR count). The molecular weight excluding hydrogens is 758 g/mol. The normalized spacial score (nSPS) is 13.7. The molecular formula is C37H31F7N5O5P. The van der Waals surface area contributed by atoms with Crippen LogP contribution in [0.25, 0.3) is 11.1 Å². The molecule has 0 radical (unpaired) electrons. The Kier molecular flexibility index (Phi) is 13.2. The van der Waals surface area contributed by atoms with Crippen LogP contribution in [0.15, 0.2) is 137 Å². The molecule has 0 amide bonds. The lowest BCUT2D eigenvalue weighted by Crippen LogP contribution is -2.49. The molecule has 288 valence electrons. The van der Waals surface area contributed by atoms with E-state index < -0.39 is 74.8 Å². The fourth-order valence-electron chi connectivity index (χ4n) is 5.14. The molecule has 0 aliphatic rings. The predicted molar refractivity (Wildman–Crippen MR) is 187 cm³/mol. The number of ether oxygens (including phenoxy) is 1. The van der Waals surface area contributed by atoms with Crippen molar-refractivity contribution in [1.82, 2.24) is 4.98 Å². The average Bonchev–Trinajstić information content (AvgIpc) is 3.18. The number of halogens is 7. The van der Waals surface area contributed by atoms with Gasteiger partial charge in [-0.05, 0) is 47.0 Å². The van der Waals surface area contributed by atoms with Gasteiger partial charge >= 0.3 is 19.9 Å². The number of aliphatic imine (C=N–C) groups is 1. The Morgan fingerprint density at radius 1 is 0.764 bits per heavy atom. The van der Waals surface area contributed by atoms with Crippen molar-refractivity contribution < 1.29 is 53.6 Å². The van der Waals surface area contributed by atoms with Crippen molar-refractivity contribution >= 4 is 14.2 Å². The molecule has 1 atom stereocenters. The molecule has 5 aromatic rings. The van der Waals surface area contributed by atoms with Gasteiger partial charge in [0.05, 0.1) is 19.8 Å². The number of hydrogen-bond acceptors (Lipinski definition) is 8. The van der Waals surface area contributed by atoms with E-state index in [0.29, 0.717) is 41.2 Å². The van der Waals surface area contributed by atoms with Gasteiger partial charge in [-0.1, -0.05) is 84.1 Å². The van der Waals surface area contributed by atoms with Gasteiger partial charge in [-0.3, -0.25) is 23.5 Å². The van der Waals surface area contributed by atoms with E-state index in [1.54, 1.807) is 60.7 Å². The molecule has 10 nitrogen and oxygen atoms in total. The van der Waals surface area contributed by atoms with Crippen LogP contribution in [0.2, 0.25) is 0 Å². The number of benzene rings is 4. The first-order valence-corrected chi connectivity index (χ1v) is 17.6. The molecule has 18 heteroatoms. The van der Waals surface area contributed by atoms with E-state index in [1.165, 1.54) is 30.3 Å². The van der Waals surface area contributed by atoms with Crippen LogP contribution in [-0.4, -0.2) is 30.7 Å². The van der Waals surface area contributed by atoms with Gasteiger partial charge in [0.2, 0.25) is 0 Å². The summed E-state index contributed by atoms with van der Waals surface area (Å²) in [6.45, 7) is -3.72. The lowest BCUT2D eigenvalue weighted by atomic mass is 9.84. The smallest absolute Gasteiger partial charge is 0.476 e. The fraction of sp³-hybridized carbons (Fsp3) is 0.189. The molecule has 1 aromatic heterocycles. The summed E-state index contributed by atoms with van der Waals surface area (Å²) >= 11 is 0. The van der Waals surface area contributed by atoms with Gasteiger partial charge in [0, 0.05) is 23.4 Å². The van der Waals surface area contributed by atoms with Crippen molar-refractivity contribution in [1.29, 1.82) is 0 Å². The van der Waals surface area contributed by atoms with Gasteiger partial charge in [0.15, 0.2) is 12.2 Å². The standard InChI is InChI=1S/C37H31F7N5O5P/c38-30-14-17-32(33(39)19-30)35(23-46-25-48-49-45,54-55(50,52-21-26-7-3-1-4-8-26)53-22-27-9-5-2-6-10-27)37(43,44)34-18-13-29(20-47-34)28-11-15-31(16-12-28)51-24-36(40,41)42/h1-20,25H,21-24H2,(H2,45,46,48). The maximum atomic E-state index is 17.4. The molecule has 2 N–H and O–H groups in total. The van der Waals surface area contributed by atoms with Crippen molar-refractivity contribution in [2.24, 2.45) is 21.2 Å². The summed E-state index contributed by atoms with van der Waals surface area (Å²) in [5, 5.41) is 6.32. The Morgan fingerprint density at radius 3 is 1.89 bits per heavy atom. The van der Waals surface area contributed by atoms with E-state index >= 15 is 13.2 Å². The van der Waals surface area contributed by atoms with Crippen LogP contribution in [0.1, 0.15) is 22.4 Å². The van der Waals surface area contributed by atoms with Crippen LogP contribution in [0.4, 0.5) is 30.7 Å². The van der Waals surface area contributed by atoms with Crippen LogP contribution in [0.3, 0.4) is 0 Å². The van der Waals surface area contributed by atoms with Crippen molar-refractivity contribution in [2.45, 2.75) is 30.9 Å². The van der Waals surface area contributed by atoms with E-state index in [2.05, 4.69) is 20.3 Å². The van der Waals surface area contributed by atoms with E-state index in [-0.39, 0.29) is 11.3 Å². The number of pyridine rings is 1. The molecule has 4 aromatic carbocycles. The minimum Gasteiger partial charge on any atom is -0.484 e. The number of aromatic nitrogens is 1. The Hall–Kier alpha value is -5.48. The maximum absolute atomic E-state index is 17.4. The summed E-state index contributed by atoms with van der Waals surface area (Å²) in [6.07, 6.45) is -2.88. The van der Waals surface area contributed by atoms with Crippen LogP contribution in [-0.2, 0) is 42.9 Å². The second-order valence-electron chi connectivity index (χ2n) is 11.6. The number of nitrogens with two attached hydrogens (primary N) is 1. The molecule has 55 heavy (non-hydrogen) atoms. The first-order chi connectivity index (χ1) is 26.2. The maximum Gasteiger partial charge on any atom is 0.476 e. The van der Waals surface area contributed by atoms with Crippen molar-refractivity contribution in [3.8, 4) is 16.9 Å². The number of alkyl halides is 5. The minimum absolute atomic E-state index is 0.0939. The van der Waals surface area contributed by atoms with Crippen LogP contribution in [0.5, 0.6) is 5.75 Å². The summed E-state index contributed by atoms with van der Waals surface area (Å²) in [5.74, 6) is -2.20. The molecule has 1 heterocycles. The highest BCUT2D eigenvalue weighted by molar-refractivity contribution is 7.48. The monoisotopic (exact) mass is 789 g/mol. The Balaban J connectivity index is 1.60. The molecule has 0 aliphatic carbocycles. The fourth-order valence-corrected chi connectivity index (χ4v) is 6.59. The summed E-state index contributed by atoms with van der Waals surface area (Å²) in [6, 6.07) is 25.4. The number of phosphoric acid groups is 1. The van der Waals surface area contributed by atoms with Crippen molar-refractivity contribution in [3.63, 3.8) is 0 Å². The minimum atomic E-state index is -5.22. The third-order valence-electron chi connectivity index (χ3n) is 7.79. The lowest BCUT2D eigenvalue weighted by molar-refractivity contribution is -0.188. The molecule has 0 bridgehead atoms. The third-order valence-corrected chi connectivity index (χ3v) is 9.22. The van der Waals surface area contributed by atoms with Crippen LogP contribution >= 0.6 is 7.82 Å². The van der Waals surface area contributed by atoms with Crippen LogP contribution in [0, 0.1) is 11.6 Å².